The van der Waals surface area contributed by atoms with Crippen molar-refractivity contribution in [1.82, 2.24) is 15.3 Å². The molecule has 1 aliphatic rings. The van der Waals surface area contributed by atoms with Crippen LogP contribution in [-0.2, 0) is 6.54 Å². The number of aliphatic hydroxyl groups is 1. The maximum atomic E-state index is 10.1. The number of nitrogens with one attached hydrogen (secondary N) is 1. The van der Waals surface area contributed by atoms with Gasteiger partial charge in [0.1, 0.15) is 5.01 Å². The van der Waals surface area contributed by atoms with Gasteiger partial charge in [0, 0.05) is 24.7 Å². The van der Waals surface area contributed by atoms with Crippen LogP contribution < -0.4 is 5.32 Å². The van der Waals surface area contributed by atoms with Gasteiger partial charge in [-0.05, 0) is 30.9 Å². The summed E-state index contributed by atoms with van der Waals surface area (Å²) in [6.07, 6.45) is 6.43. The van der Waals surface area contributed by atoms with E-state index in [1.807, 2.05) is 18.2 Å². The van der Waals surface area contributed by atoms with Crippen LogP contribution in [0.25, 0.3) is 10.7 Å². The molecule has 0 aliphatic heterocycles. The monoisotopic (exact) mass is 303 g/mol. The first-order chi connectivity index (χ1) is 10.3. The van der Waals surface area contributed by atoms with E-state index in [1.54, 1.807) is 17.5 Å². The van der Waals surface area contributed by atoms with Crippen molar-refractivity contribution >= 4 is 11.3 Å². The fraction of sp³-hybridized carbons (Fsp3) is 0.500. The second-order valence-electron chi connectivity index (χ2n) is 5.60. The number of hydrogen-bond acceptors (Lipinski definition) is 5. The fourth-order valence-electron chi connectivity index (χ4n) is 2.85. The summed E-state index contributed by atoms with van der Waals surface area (Å²) in [6.45, 7) is 1.36. The molecule has 2 heterocycles. The van der Waals surface area contributed by atoms with E-state index < -0.39 is 0 Å². The molecule has 5 heteroatoms. The minimum atomic E-state index is -0.221. The van der Waals surface area contributed by atoms with Crippen molar-refractivity contribution in [2.75, 3.05) is 6.54 Å². The molecule has 112 valence electrons. The quantitative estimate of drug-likeness (QED) is 0.861. The minimum Gasteiger partial charge on any atom is -0.392 e. The van der Waals surface area contributed by atoms with Crippen molar-refractivity contribution in [2.24, 2.45) is 5.92 Å². The molecule has 0 aromatic carbocycles. The van der Waals surface area contributed by atoms with Gasteiger partial charge in [0.05, 0.1) is 17.5 Å². The molecule has 1 aliphatic carbocycles. The van der Waals surface area contributed by atoms with Crippen molar-refractivity contribution in [3.8, 4) is 10.7 Å². The van der Waals surface area contributed by atoms with Crippen LogP contribution in [0.4, 0.5) is 0 Å². The maximum absolute atomic E-state index is 10.1. The Morgan fingerprint density at radius 1 is 1.33 bits per heavy atom. The Hall–Kier alpha value is -1.30. The van der Waals surface area contributed by atoms with Gasteiger partial charge in [0.2, 0.25) is 0 Å². The Morgan fingerprint density at radius 2 is 2.19 bits per heavy atom. The van der Waals surface area contributed by atoms with Crippen LogP contribution in [0.5, 0.6) is 0 Å². The summed E-state index contributed by atoms with van der Waals surface area (Å²) in [7, 11) is 0. The summed E-state index contributed by atoms with van der Waals surface area (Å²) in [4.78, 5) is 8.90. The van der Waals surface area contributed by atoms with Gasteiger partial charge in [-0.15, -0.1) is 11.3 Å². The number of rotatable bonds is 6. The highest BCUT2D eigenvalue weighted by atomic mass is 32.1. The molecule has 21 heavy (non-hydrogen) atoms. The molecule has 1 saturated carbocycles. The zero-order chi connectivity index (χ0) is 14.5. The lowest BCUT2D eigenvalue weighted by atomic mass is 10.0. The second kappa shape index (κ2) is 7.11. The highest BCUT2D eigenvalue weighted by Crippen LogP contribution is 2.27. The third-order valence-electron chi connectivity index (χ3n) is 4.04. The van der Waals surface area contributed by atoms with Gasteiger partial charge in [0.15, 0.2) is 0 Å². The lowest BCUT2D eigenvalue weighted by Crippen LogP contribution is -2.31. The molecule has 1 fully saturated rings. The second-order valence-corrected chi connectivity index (χ2v) is 6.46. The van der Waals surface area contributed by atoms with E-state index in [-0.39, 0.29) is 6.10 Å². The van der Waals surface area contributed by atoms with Crippen LogP contribution in [0.2, 0.25) is 0 Å². The average molecular weight is 303 g/mol. The molecule has 1 unspecified atom stereocenters. The molecule has 2 aromatic rings. The fourth-order valence-corrected chi connectivity index (χ4v) is 3.65. The number of hydrogen-bond donors (Lipinski definition) is 2. The van der Waals surface area contributed by atoms with Crippen LogP contribution in [0.1, 0.15) is 31.4 Å². The zero-order valence-corrected chi connectivity index (χ0v) is 12.9. The van der Waals surface area contributed by atoms with Gasteiger partial charge in [-0.3, -0.25) is 4.98 Å². The van der Waals surface area contributed by atoms with Crippen LogP contribution >= 0.6 is 11.3 Å². The lowest BCUT2D eigenvalue weighted by Gasteiger charge is -2.17. The van der Waals surface area contributed by atoms with Gasteiger partial charge >= 0.3 is 0 Å². The molecule has 2 aromatic heterocycles. The molecular formula is C16H21N3OS. The van der Waals surface area contributed by atoms with Gasteiger partial charge in [-0.25, -0.2) is 4.98 Å². The molecule has 0 amide bonds. The number of pyridine rings is 1. The molecule has 0 spiro atoms. The Kier molecular flexibility index (Phi) is 4.95. The standard InChI is InChI=1S/C16H21N3OS/c20-15(12-5-1-2-6-12)10-17-9-13-11-21-16(19-13)14-7-3-4-8-18-14/h3-4,7-8,11-12,15,17,20H,1-2,5-6,9-10H2. The Balaban J connectivity index is 1.49. The lowest BCUT2D eigenvalue weighted by molar-refractivity contribution is 0.109. The summed E-state index contributed by atoms with van der Waals surface area (Å²) in [5.74, 6) is 0.483. The SMILES string of the molecule is OC(CNCc1csc(-c2ccccn2)n1)C1CCCC1. The molecule has 0 bridgehead atoms. The smallest absolute Gasteiger partial charge is 0.142 e. The van der Waals surface area contributed by atoms with Crippen LogP contribution in [-0.4, -0.2) is 27.7 Å². The van der Waals surface area contributed by atoms with Gasteiger partial charge in [-0.2, -0.15) is 0 Å². The zero-order valence-electron chi connectivity index (χ0n) is 12.0. The Morgan fingerprint density at radius 3 is 2.95 bits per heavy atom. The van der Waals surface area contributed by atoms with Crippen molar-refractivity contribution in [2.45, 2.75) is 38.3 Å². The third-order valence-corrected chi connectivity index (χ3v) is 4.95. The number of nitrogens with zero attached hydrogens (tertiary/aromatic N) is 2. The molecule has 0 radical (unpaired) electrons. The van der Waals surface area contributed by atoms with Crippen molar-refractivity contribution in [1.29, 1.82) is 0 Å². The summed E-state index contributed by atoms with van der Waals surface area (Å²) in [6, 6.07) is 5.85. The Bertz CT molecular complexity index is 552. The predicted octanol–water partition coefficient (Wildman–Crippen LogP) is 2.85. The van der Waals surface area contributed by atoms with Crippen molar-refractivity contribution in [3.63, 3.8) is 0 Å². The van der Waals surface area contributed by atoms with E-state index in [9.17, 15) is 5.11 Å². The van der Waals surface area contributed by atoms with Gasteiger partial charge < -0.3 is 10.4 Å². The highest BCUT2D eigenvalue weighted by Gasteiger charge is 2.22. The van der Waals surface area contributed by atoms with Crippen molar-refractivity contribution < 1.29 is 5.11 Å². The molecule has 0 saturated heterocycles. The summed E-state index contributed by atoms with van der Waals surface area (Å²) in [5, 5.41) is 16.4. The van der Waals surface area contributed by atoms with Gasteiger partial charge in [0.25, 0.3) is 0 Å². The van der Waals surface area contributed by atoms with Crippen LogP contribution in [0, 0.1) is 5.92 Å². The predicted molar refractivity (Wildman–Crippen MR) is 85.0 cm³/mol. The van der Waals surface area contributed by atoms with Crippen LogP contribution in [0.15, 0.2) is 29.8 Å². The highest BCUT2D eigenvalue weighted by molar-refractivity contribution is 7.13. The number of aromatic nitrogens is 2. The van der Waals surface area contributed by atoms with E-state index in [2.05, 4.69) is 20.7 Å². The normalized spacial score (nSPS) is 17.2. The third kappa shape index (κ3) is 3.87. The first-order valence-electron chi connectivity index (χ1n) is 7.57. The minimum absolute atomic E-state index is 0.221. The first-order valence-corrected chi connectivity index (χ1v) is 8.45. The topological polar surface area (TPSA) is 58.0 Å². The Labute approximate surface area is 129 Å². The van der Waals surface area contributed by atoms with Crippen molar-refractivity contribution in [3.05, 3.63) is 35.5 Å². The van der Waals surface area contributed by atoms with E-state index in [4.69, 9.17) is 0 Å². The van der Waals surface area contributed by atoms with Gasteiger partial charge in [-0.1, -0.05) is 18.9 Å². The summed E-state index contributed by atoms with van der Waals surface area (Å²) >= 11 is 1.61. The number of aliphatic hydroxyl groups excluding tert-OH is 1. The molecule has 4 nitrogen and oxygen atoms in total. The van der Waals surface area contributed by atoms with E-state index >= 15 is 0 Å². The van der Waals surface area contributed by atoms with E-state index in [1.165, 1.54) is 25.7 Å². The first kappa shape index (κ1) is 14.6. The van der Waals surface area contributed by atoms with E-state index in [0.717, 1.165) is 16.4 Å². The molecular weight excluding hydrogens is 282 g/mol. The molecule has 2 N–H and O–H groups in total. The molecule has 3 rings (SSSR count). The maximum Gasteiger partial charge on any atom is 0.142 e. The van der Waals surface area contributed by atoms with E-state index in [0.29, 0.717) is 19.0 Å². The average Bonchev–Trinajstić information content (AvgIpc) is 3.20. The summed E-state index contributed by atoms with van der Waals surface area (Å²) in [5.41, 5.74) is 1.93. The largest absolute Gasteiger partial charge is 0.392 e. The molecule has 1 atom stereocenters. The van der Waals surface area contributed by atoms with Crippen LogP contribution in [0.3, 0.4) is 0 Å². The summed E-state index contributed by atoms with van der Waals surface area (Å²) < 4.78 is 0. The number of thiazole rings is 1.